The fourth-order valence-electron chi connectivity index (χ4n) is 2.16. The maximum atomic E-state index is 5.09. The van der Waals surface area contributed by atoms with Crippen molar-refractivity contribution in [2.75, 3.05) is 13.1 Å². The van der Waals surface area contributed by atoms with E-state index in [4.69, 9.17) is 4.52 Å². The smallest absolute Gasteiger partial charge is 0.228 e. The van der Waals surface area contributed by atoms with Crippen LogP contribution < -0.4 is 10.6 Å². The van der Waals surface area contributed by atoms with Crippen LogP contribution in [0.25, 0.3) is 0 Å². The van der Waals surface area contributed by atoms with Gasteiger partial charge in [0.05, 0.1) is 6.54 Å². The molecule has 22 heavy (non-hydrogen) atoms. The predicted octanol–water partition coefficient (Wildman–Crippen LogP) is 2.69. The first-order valence-electron chi connectivity index (χ1n) is 8.35. The molecule has 6 heteroatoms. The molecule has 0 aliphatic rings. The Morgan fingerprint density at radius 1 is 1.27 bits per heavy atom. The normalized spacial score (nSPS) is 13.5. The van der Waals surface area contributed by atoms with E-state index in [1.165, 1.54) is 12.8 Å². The number of nitrogens with zero attached hydrogens (tertiary/aromatic N) is 3. The molecular weight excluding hydrogens is 278 g/mol. The summed E-state index contributed by atoms with van der Waals surface area (Å²) in [5, 5.41) is 10.5. The largest absolute Gasteiger partial charge is 0.357 e. The van der Waals surface area contributed by atoms with Gasteiger partial charge in [-0.2, -0.15) is 4.98 Å². The van der Waals surface area contributed by atoms with Crippen LogP contribution in [0.1, 0.15) is 58.7 Å². The van der Waals surface area contributed by atoms with E-state index >= 15 is 0 Å². The molecule has 1 aromatic rings. The molecule has 1 rings (SSSR count). The van der Waals surface area contributed by atoms with Gasteiger partial charge in [0.25, 0.3) is 0 Å². The molecule has 0 saturated carbocycles. The van der Waals surface area contributed by atoms with Crippen LogP contribution in [0.3, 0.4) is 0 Å². The zero-order valence-electron chi connectivity index (χ0n) is 14.6. The molecule has 1 atom stereocenters. The van der Waals surface area contributed by atoms with Crippen molar-refractivity contribution in [3.63, 3.8) is 0 Å². The summed E-state index contributed by atoms with van der Waals surface area (Å²) < 4.78 is 5.09. The molecule has 0 saturated heterocycles. The van der Waals surface area contributed by atoms with Crippen molar-refractivity contribution in [2.24, 2.45) is 10.9 Å². The Labute approximate surface area is 134 Å². The molecule has 0 aromatic carbocycles. The lowest BCUT2D eigenvalue weighted by molar-refractivity contribution is 0.376. The summed E-state index contributed by atoms with van der Waals surface area (Å²) in [6.45, 7) is 12.1. The van der Waals surface area contributed by atoms with Crippen LogP contribution in [0.15, 0.2) is 9.52 Å². The van der Waals surface area contributed by atoms with Crippen LogP contribution in [0.4, 0.5) is 0 Å². The first-order valence-corrected chi connectivity index (χ1v) is 8.35. The van der Waals surface area contributed by atoms with Crippen LogP contribution in [0.2, 0.25) is 0 Å². The molecule has 1 heterocycles. The first kappa shape index (κ1) is 18.5. The van der Waals surface area contributed by atoms with E-state index in [-0.39, 0.29) is 0 Å². The summed E-state index contributed by atoms with van der Waals surface area (Å²) in [5.74, 6) is 2.94. The van der Waals surface area contributed by atoms with Crippen molar-refractivity contribution in [3.8, 4) is 0 Å². The fourth-order valence-corrected chi connectivity index (χ4v) is 2.16. The molecule has 6 nitrogen and oxygen atoms in total. The van der Waals surface area contributed by atoms with Crippen LogP contribution in [-0.4, -0.2) is 35.2 Å². The van der Waals surface area contributed by atoms with Gasteiger partial charge in [-0.05, 0) is 33.1 Å². The molecular formula is C16H31N5O. The SMILES string of the molecule is CCNC(=NCCc1nc(C)no1)NC(C)CCCC(C)C. The Kier molecular flexibility index (Phi) is 8.55. The third-order valence-corrected chi connectivity index (χ3v) is 3.31. The molecule has 0 spiro atoms. The third kappa shape index (κ3) is 8.00. The molecule has 2 N–H and O–H groups in total. The summed E-state index contributed by atoms with van der Waals surface area (Å²) in [6.07, 6.45) is 4.34. The fraction of sp³-hybridized carbons (Fsp3) is 0.812. The van der Waals surface area contributed by atoms with E-state index in [0.717, 1.165) is 24.8 Å². The lowest BCUT2D eigenvalue weighted by atomic mass is 10.0. The Morgan fingerprint density at radius 3 is 2.64 bits per heavy atom. The van der Waals surface area contributed by atoms with Crippen molar-refractivity contribution >= 4 is 5.96 Å². The highest BCUT2D eigenvalue weighted by Gasteiger charge is 2.06. The minimum absolute atomic E-state index is 0.419. The lowest BCUT2D eigenvalue weighted by Crippen LogP contribution is -2.42. The number of rotatable bonds is 9. The highest BCUT2D eigenvalue weighted by atomic mass is 16.5. The molecule has 1 aromatic heterocycles. The number of aromatic nitrogens is 2. The molecule has 0 aliphatic carbocycles. The number of aryl methyl sites for hydroxylation is 1. The standard InChI is InChI=1S/C16H31N5O/c1-6-17-16(19-13(4)9-7-8-12(2)3)18-11-10-15-20-14(5)21-22-15/h12-13H,6-11H2,1-5H3,(H2,17,18,19). The zero-order chi connectivity index (χ0) is 16.4. The molecule has 0 radical (unpaired) electrons. The quantitative estimate of drug-likeness (QED) is 0.542. The van der Waals surface area contributed by atoms with Crippen molar-refractivity contribution in [1.29, 1.82) is 0 Å². The second kappa shape index (κ2) is 10.2. The van der Waals surface area contributed by atoms with Gasteiger partial charge in [0, 0.05) is 19.0 Å². The van der Waals surface area contributed by atoms with Crippen LogP contribution >= 0.6 is 0 Å². The number of hydrogen-bond acceptors (Lipinski definition) is 4. The molecule has 0 fully saturated rings. The van der Waals surface area contributed by atoms with Gasteiger partial charge >= 0.3 is 0 Å². The Hall–Kier alpha value is -1.59. The van der Waals surface area contributed by atoms with Gasteiger partial charge < -0.3 is 15.2 Å². The highest BCUT2D eigenvalue weighted by molar-refractivity contribution is 5.80. The van der Waals surface area contributed by atoms with Gasteiger partial charge in [0.2, 0.25) is 5.89 Å². The summed E-state index contributed by atoms with van der Waals surface area (Å²) in [6, 6.07) is 0.419. The lowest BCUT2D eigenvalue weighted by Gasteiger charge is -2.18. The minimum atomic E-state index is 0.419. The molecule has 1 unspecified atom stereocenters. The summed E-state index contributed by atoms with van der Waals surface area (Å²) in [4.78, 5) is 8.75. The summed E-state index contributed by atoms with van der Waals surface area (Å²) >= 11 is 0. The van der Waals surface area contributed by atoms with Crippen molar-refractivity contribution in [3.05, 3.63) is 11.7 Å². The van der Waals surface area contributed by atoms with Gasteiger partial charge in [0.1, 0.15) is 0 Å². The topological polar surface area (TPSA) is 75.3 Å². The molecule has 0 aliphatic heterocycles. The van der Waals surface area contributed by atoms with E-state index in [1.54, 1.807) is 0 Å². The Balaban J connectivity index is 2.37. The van der Waals surface area contributed by atoms with Gasteiger partial charge in [0.15, 0.2) is 11.8 Å². The van der Waals surface area contributed by atoms with E-state index in [2.05, 4.69) is 53.5 Å². The van der Waals surface area contributed by atoms with Gasteiger partial charge in [-0.25, -0.2) is 0 Å². The van der Waals surface area contributed by atoms with Crippen molar-refractivity contribution < 1.29 is 4.52 Å². The average Bonchev–Trinajstić information content (AvgIpc) is 2.84. The second-order valence-corrected chi connectivity index (χ2v) is 6.12. The monoisotopic (exact) mass is 309 g/mol. The minimum Gasteiger partial charge on any atom is -0.357 e. The van der Waals surface area contributed by atoms with Crippen LogP contribution in [-0.2, 0) is 6.42 Å². The van der Waals surface area contributed by atoms with E-state index < -0.39 is 0 Å². The first-order chi connectivity index (χ1) is 10.5. The van der Waals surface area contributed by atoms with Crippen LogP contribution in [0.5, 0.6) is 0 Å². The van der Waals surface area contributed by atoms with Gasteiger partial charge in [-0.3, -0.25) is 4.99 Å². The Bertz CT molecular complexity index is 441. The third-order valence-electron chi connectivity index (χ3n) is 3.31. The van der Waals surface area contributed by atoms with Crippen molar-refractivity contribution in [2.45, 2.75) is 66.3 Å². The summed E-state index contributed by atoms with van der Waals surface area (Å²) in [7, 11) is 0. The molecule has 0 amide bonds. The maximum Gasteiger partial charge on any atom is 0.228 e. The number of hydrogen-bond donors (Lipinski definition) is 2. The van der Waals surface area contributed by atoms with Crippen LogP contribution in [0, 0.1) is 12.8 Å². The molecule has 0 bridgehead atoms. The van der Waals surface area contributed by atoms with Crippen molar-refractivity contribution in [1.82, 2.24) is 20.8 Å². The second-order valence-electron chi connectivity index (χ2n) is 6.12. The van der Waals surface area contributed by atoms with E-state index in [9.17, 15) is 0 Å². The van der Waals surface area contributed by atoms with E-state index in [1.807, 2.05) is 6.92 Å². The number of aliphatic imine (C=N–C) groups is 1. The summed E-state index contributed by atoms with van der Waals surface area (Å²) in [5.41, 5.74) is 0. The predicted molar refractivity (Wildman–Crippen MR) is 90.0 cm³/mol. The van der Waals surface area contributed by atoms with E-state index in [0.29, 0.717) is 30.7 Å². The molecule has 126 valence electrons. The van der Waals surface area contributed by atoms with Gasteiger partial charge in [-0.15, -0.1) is 0 Å². The highest BCUT2D eigenvalue weighted by Crippen LogP contribution is 2.08. The number of guanidine groups is 1. The maximum absolute atomic E-state index is 5.09. The number of nitrogens with one attached hydrogen (secondary N) is 2. The zero-order valence-corrected chi connectivity index (χ0v) is 14.6. The Morgan fingerprint density at radius 2 is 2.05 bits per heavy atom. The van der Waals surface area contributed by atoms with Gasteiger partial charge in [-0.1, -0.05) is 31.8 Å². The average molecular weight is 309 g/mol.